The molecule has 2 N–H and O–H groups in total. The molecular formula is C14H11F3INO. The Labute approximate surface area is 127 Å². The Morgan fingerprint density at radius 3 is 2.35 bits per heavy atom. The number of alkyl halides is 3. The Morgan fingerprint density at radius 2 is 1.75 bits per heavy atom. The van der Waals surface area contributed by atoms with Gasteiger partial charge >= 0.3 is 6.18 Å². The molecule has 0 saturated heterocycles. The first kappa shape index (κ1) is 15.1. The van der Waals surface area contributed by atoms with Gasteiger partial charge in [0.15, 0.2) is 0 Å². The molecule has 0 unspecified atom stereocenters. The van der Waals surface area contributed by atoms with Gasteiger partial charge in [-0.05, 0) is 58.5 Å². The molecule has 0 fully saturated rings. The molecule has 2 aromatic carbocycles. The van der Waals surface area contributed by atoms with E-state index < -0.39 is 11.7 Å². The molecule has 0 bridgehead atoms. The highest BCUT2D eigenvalue weighted by molar-refractivity contribution is 14.1. The SMILES string of the molecule is NCc1ccc(Oc2cccc(I)c2)cc1C(F)(F)F. The molecule has 2 rings (SSSR count). The third-order valence-corrected chi connectivity index (χ3v) is 3.31. The van der Waals surface area contributed by atoms with E-state index in [1.807, 2.05) is 6.07 Å². The van der Waals surface area contributed by atoms with Crippen LogP contribution in [0.3, 0.4) is 0 Å². The second-order valence-corrected chi connectivity index (χ2v) is 5.33. The van der Waals surface area contributed by atoms with Gasteiger partial charge in [-0.15, -0.1) is 0 Å². The van der Waals surface area contributed by atoms with Crippen molar-refractivity contribution in [2.45, 2.75) is 12.7 Å². The smallest absolute Gasteiger partial charge is 0.416 e. The number of rotatable bonds is 3. The number of nitrogens with two attached hydrogens (primary N) is 1. The maximum atomic E-state index is 12.9. The van der Waals surface area contributed by atoms with E-state index in [9.17, 15) is 13.2 Å². The first-order valence-electron chi connectivity index (χ1n) is 5.74. The number of hydrogen-bond acceptors (Lipinski definition) is 2. The molecule has 0 spiro atoms. The molecular weight excluding hydrogens is 382 g/mol. The van der Waals surface area contributed by atoms with Crippen molar-refractivity contribution in [3.63, 3.8) is 0 Å². The van der Waals surface area contributed by atoms with Gasteiger partial charge in [0.2, 0.25) is 0 Å². The second-order valence-electron chi connectivity index (χ2n) is 4.08. The maximum Gasteiger partial charge on any atom is 0.416 e. The van der Waals surface area contributed by atoms with Crippen LogP contribution in [0, 0.1) is 3.57 Å². The van der Waals surface area contributed by atoms with Gasteiger partial charge in [-0.2, -0.15) is 13.2 Å². The number of benzene rings is 2. The Bertz CT molecular complexity index is 614. The van der Waals surface area contributed by atoms with Crippen molar-refractivity contribution in [1.29, 1.82) is 0 Å². The van der Waals surface area contributed by atoms with E-state index >= 15 is 0 Å². The van der Waals surface area contributed by atoms with Crippen LogP contribution in [-0.2, 0) is 12.7 Å². The van der Waals surface area contributed by atoms with E-state index in [1.165, 1.54) is 12.1 Å². The standard InChI is InChI=1S/C14H11F3INO/c15-14(16,17)13-7-12(5-4-9(13)8-19)20-11-3-1-2-10(18)6-11/h1-7H,8,19H2. The highest BCUT2D eigenvalue weighted by Gasteiger charge is 2.33. The monoisotopic (exact) mass is 393 g/mol. The average Bonchev–Trinajstić information content (AvgIpc) is 2.37. The molecule has 0 aliphatic carbocycles. The van der Waals surface area contributed by atoms with Gasteiger partial charge in [0.05, 0.1) is 5.56 Å². The highest BCUT2D eigenvalue weighted by atomic mass is 127. The van der Waals surface area contributed by atoms with Crippen LogP contribution < -0.4 is 10.5 Å². The van der Waals surface area contributed by atoms with Crippen LogP contribution in [0.1, 0.15) is 11.1 Å². The van der Waals surface area contributed by atoms with Crippen molar-refractivity contribution in [2.75, 3.05) is 0 Å². The van der Waals surface area contributed by atoms with E-state index in [2.05, 4.69) is 22.6 Å². The molecule has 106 valence electrons. The summed E-state index contributed by atoms with van der Waals surface area (Å²) in [6.07, 6.45) is -4.45. The van der Waals surface area contributed by atoms with E-state index in [0.29, 0.717) is 5.75 Å². The molecule has 0 heterocycles. The summed E-state index contributed by atoms with van der Waals surface area (Å²) < 4.78 is 45.1. The molecule has 20 heavy (non-hydrogen) atoms. The zero-order chi connectivity index (χ0) is 14.8. The minimum atomic E-state index is -4.45. The van der Waals surface area contributed by atoms with Crippen LogP contribution in [0.5, 0.6) is 11.5 Å². The third-order valence-electron chi connectivity index (χ3n) is 2.64. The molecule has 6 heteroatoms. The minimum Gasteiger partial charge on any atom is -0.457 e. The van der Waals surface area contributed by atoms with Crippen molar-refractivity contribution in [1.82, 2.24) is 0 Å². The Hall–Kier alpha value is -1.28. The van der Waals surface area contributed by atoms with Crippen LogP contribution in [0.2, 0.25) is 0 Å². The van der Waals surface area contributed by atoms with E-state index in [1.54, 1.807) is 18.2 Å². The van der Waals surface area contributed by atoms with Crippen molar-refractivity contribution in [3.8, 4) is 11.5 Å². The van der Waals surface area contributed by atoms with Gasteiger partial charge in [0.1, 0.15) is 11.5 Å². The zero-order valence-corrected chi connectivity index (χ0v) is 12.4. The van der Waals surface area contributed by atoms with Crippen LogP contribution in [0.25, 0.3) is 0 Å². The third kappa shape index (κ3) is 3.63. The van der Waals surface area contributed by atoms with Gasteiger partial charge in [-0.3, -0.25) is 0 Å². The summed E-state index contributed by atoms with van der Waals surface area (Å²) in [7, 11) is 0. The molecule has 0 amide bonds. The van der Waals surface area contributed by atoms with E-state index in [0.717, 1.165) is 9.64 Å². The molecule has 0 atom stereocenters. The van der Waals surface area contributed by atoms with Crippen LogP contribution in [0.4, 0.5) is 13.2 Å². The van der Waals surface area contributed by atoms with Crippen LogP contribution in [0.15, 0.2) is 42.5 Å². The lowest BCUT2D eigenvalue weighted by Gasteiger charge is -2.14. The molecule has 2 aromatic rings. The average molecular weight is 393 g/mol. The fourth-order valence-corrected chi connectivity index (χ4v) is 2.24. The Morgan fingerprint density at radius 1 is 1.05 bits per heavy atom. The molecule has 2 nitrogen and oxygen atoms in total. The van der Waals surface area contributed by atoms with E-state index in [4.69, 9.17) is 10.5 Å². The summed E-state index contributed by atoms with van der Waals surface area (Å²) in [6, 6.07) is 10.9. The molecule has 0 radical (unpaired) electrons. The van der Waals surface area contributed by atoms with Crippen LogP contribution in [-0.4, -0.2) is 0 Å². The lowest BCUT2D eigenvalue weighted by Crippen LogP contribution is -2.12. The first-order valence-corrected chi connectivity index (χ1v) is 6.81. The first-order chi connectivity index (χ1) is 9.40. The highest BCUT2D eigenvalue weighted by Crippen LogP contribution is 2.35. The Kier molecular flexibility index (Phi) is 4.54. The summed E-state index contributed by atoms with van der Waals surface area (Å²) in [5.74, 6) is 0.627. The summed E-state index contributed by atoms with van der Waals surface area (Å²) >= 11 is 2.10. The van der Waals surface area contributed by atoms with Gasteiger partial charge in [-0.25, -0.2) is 0 Å². The predicted octanol–water partition coefficient (Wildman–Crippen LogP) is 4.56. The lowest BCUT2D eigenvalue weighted by atomic mass is 10.1. The fraction of sp³-hybridized carbons (Fsp3) is 0.143. The van der Waals surface area contributed by atoms with Gasteiger partial charge < -0.3 is 10.5 Å². The summed E-state index contributed by atoms with van der Waals surface area (Å²) in [5.41, 5.74) is 4.62. The number of halogens is 4. The van der Waals surface area contributed by atoms with Gasteiger partial charge in [0.25, 0.3) is 0 Å². The van der Waals surface area contributed by atoms with Crippen molar-refractivity contribution in [3.05, 3.63) is 57.2 Å². The molecule has 0 aromatic heterocycles. The molecule has 0 aliphatic heterocycles. The summed E-state index contributed by atoms with van der Waals surface area (Å²) in [5, 5.41) is 0. The van der Waals surface area contributed by atoms with E-state index in [-0.39, 0.29) is 17.9 Å². The minimum absolute atomic E-state index is 0.0486. The number of ether oxygens (including phenoxy) is 1. The fourth-order valence-electron chi connectivity index (χ4n) is 1.73. The van der Waals surface area contributed by atoms with Gasteiger partial charge in [-0.1, -0.05) is 12.1 Å². The quantitative estimate of drug-likeness (QED) is 0.777. The zero-order valence-electron chi connectivity index (χ0n) is 10.2. The predicted molar refractivity (Wildman–Crippen MR) is 78.6 cm³/mol. The van der Waals surface area contributed by atoms with Crippen molar-refractivity contribution < 1.29 is 17.9 Å². The summed E-state index contributed by atoms with van der Waals surface area (Å²) in [6.45, 7) is -0.168. The normalized spacial score (nSPS) is 11.4. The topological polar surface area (TPSA) is 35.2 Å². The largest absolute Gasteiger partial charge is 0.457 e. The number of hydrogen-bond donors (Lipinski definition) is 1. The van der Waals surface area contributed by atoms with Crippen molar-refractivity contribution in [2.24, 2.45) is 5.73 Å². The summed E-state index contributed by atoms with van der Waals surface area (Å²) in [4.78, 5) is 0. The molecule has 0 aliphatic rings. The van der Waals surface area contributed by atoms with Gasteiger partial charge in [0, 0.05) is 10.1 Å². The second kappa shape index (κ2) is 6.01. The van der Waals surface area contributed by atoms with Crippen molar-refractivity contribution >= 4 is 22.6 Å². The lowest BCUT2D eigenvalue weighted by molar-refractivity contribution is -0.138. The Balaban J connectivity index is 2.34. The maximum absolute atomic E-state index is 12.9. The molecule has 0 saturated carbocycles. The van der Waals surface area contributed by atoms with Crippen LogP contribution >= 0.6 is 22.6 Å².